The van der Waals surface area contributed by atoms with Crippen LogP contribution in [0.15, 0.2) is 17.1 Å². The largest absolute Gasteiger partial charge is 0.427 e. The zero-order valence-corrected chi connectivity index (χ0v) is 10.1. The van der Waals surface area contributed by atoms with Crippen LogP contribution in [0.25, 0.3) is 0 Å². The van der Waals surface area contributed by atoms with E-state index in [0.717, 1.165) is 29.7 Å². The van der Waals surface area contributed by atoms with Crippen molar-refractivity contribution in [3.63, 3.8) is 0 Å². The maximum Gasteiger partial charge on any atom is 0.264 e. The third-order valence-corrected chi connectivity index (χ3v) is 2.93. The number of aryl methyl sites for hydroxylation is 2. The van der Waals surface area contributed by atoms with Gasteiger partial charge in [-0.2, -0.15) is 9.72 Å². The van der Waals surface area contributed by atoms with Crippen molar-refractivity contribution in [3.8, 4) is 0 Å². The van der Waals surface area contributed by atoms with Crippen LogP contribution in [0.4, 0.5) is 0 Å². The number of amides is 1. The quantitative estimate of drug-likeness (QED) is 0.697. The number of carbonyl (C=O) groups excluding carboxylic acids is 1. The molecule has 1 fully saturated rings. The summed E-state index contributed by atoms with van der Waals surface area (Å²) in [4.78, 5) is 15.8. The van der Waals surface area contributed by atoms with Crippen molar-refractivity contribution in [2.45, 2.75) is 32.7 Å². The molecule has 1 atom stereocenters. The summed E-state index contributed by atoms with van der Waals surface area (Å²) in [7, 11) is 0. The minimum absolute atomic E-state index is 0.198. The van der Waals surface area contributed by atoms with Crippen LogP contribution in [0.3, 0.4) is 0 Å². The molecular weight excluding hydrogens is 218 g/mol. The van der Waals surface area contributed by atoms with Gasteiger partial charge in [-0.1, -0.05) is 0 Å². The van der Waals surface area contributed by atoms with E-state index in [9.17, 15) is 10.0 Å². The molecule has 17 heavy (non-hydrogen) atoms. The van der Waals surface area contributed by atoms with Crippen molar-refractivity contribution < 1.29 is 10.0 Å². The van der Waals surface area contributed by atoms with E-state index in [1.807, 2.05) is 13.0 Å². The zero-order chi connectivity index (χ0) is 12.4. The molecule has 1 amide bonds. The van der Waals surface area contributed by atoms with Crippen LogP contribution in [0.2, 0.25) is 0 Å². The fraction of sp³-hybridized carbons (Fsp3) is 0.500. The normalized spacial score (nSPS) is 20.8. The second-order valence-corrected chi connectivity index (χ2v) is 4.44. The minimum atomic E-state index is -0.213. The predicted molar refractivity (Wildman–Crippen MR) is 62.7 cm³/mol. The molecule has 0 unspecified atom stereocenters. The Morgan fingerprint density at radius 1 is 1.53 bits per heavy atom. The molecule has 2 heterocycles. The van der Waals surface area contributed by atoms with Crippen molar-refractivity contribution in [1.29, 1.82) is 0 Å². The van der Waals surface area contributed by atoms with Gasteiger partial charge in [0, 0.05) is 0 Å². The van der Waals surface area contributed by atoms with Gasteiger partial charge in [-0.25, -0.2) is 0 Å². The molecular formula is C12H17N3O2. The first kappa shape index (κ1) is 11.9. The molecule has 0 saturated carbocycles. The van der Waals surface area contributed by atoms with Crippen molar-refractivity contribution in [2.75, 3.05) is 6.54 Å². The van der Waals surface area contributed by atoms with E-state index in [1.165, 1.54) is 0 Å². The number of hydrogen-bond donors (Lipinski definition) is 2. The first-order valence-corrected chi connectivity index (χ1v) is 5.79. The van der Waals surface area contributed by atoms with E-state index in [0.29, 0.717) is 11.2 Å². The first-order valence-electron chi connectivity index (χ1n) is 5.79. The molecule has 0 bridgehead atoms. The van der Waals surface area contributed by atoms with Gasteiger partial charge in [-0.05, 0) is 50.9 Å². The monoisotopic (exact) mass is 235 g/mol. The molecule has 0 spiro atoms. The lowest BCUT2D eigenvalue weighted by atomic mass is 10.2. The molecule has 0 radical (unpaired) electrons. The zero-order valence-electron chi connectivity index (χ0n) is 10.1. The van der Waals surface area contributed by atoms with Gasteiger partial charge in [-0.3, -0.25) is 4.79 Å². The number of aromatic nitrogens is 1. The molecule has 0 aromatic carbocycles. The molecule has 2 rings (SSSR count). The number of pyridine rings is 1. The molecule has 0 aliphatic carbocycles. The number of nitrogens with one attached hydrogen (secondary N) is 1. The first-order chi connectivity index (χ1) is 8.08. The van der Waals surface area contributed by atoms with Crippen molar-refractivity contribution in [2.24, 2.45) is 4.99 Å². The average Bonchev–Trinajstić information content (AvgIpc) is 2.78. The van der Waals surface area contributed by atoms with E-state index in [-0.39, 0.29) is 11.9 Å². The van der Waals surface area contributed by atoms with Gasteiger partial charge in [0.25, 0.3) is 5.91 Å². The van der Waals surface area contributed by atoms with E-state index in [2.05, 4.69) is 10.3 Å². The third kappa shape index (κ3) is 2.55. The summed E-state index contributed by atoms with van der Waals surface area (Å²) in [5.41, 5.74) is 1.93. The Morgan fingerprint density at radius 2 is 2.29 bits per heavy atom. The van der Waals surface area contributed by atoms with E-state index in [1.54, 1.807) is 13.0 Å². The Hall–Kier alpha value is -1.62. The smallest absolute Gasteiger partial charge is 0.264 e. The molecule has 1 aliphatic heterocycles. The van der Waals surface area contributed by atoms with Crippen molar-refractivity contribution in [3.05, 3.63) is 28.9 Å². The highest BCUT2D eigenvalue weighted by Crippen LogP contribution is 2.06. The molecule has 5 heteroatoms. The highest BCUT2D eigenvalue weighted by Gasteiger charge is 2.21. The average molecular weight is 235 g/mol. The lowest BCUT2D eigenvalue weighted by Gasteiger charge is -2.07. The van der Waals surface area contributed by atoms with E-state index < -0.39 is 0 Å². The van der Waals surface area contributed by atoms with Gasteiger partial charge in [-0.15, -0.1) is 0 Å². The summed E-state index contributed by atoms with van der Waals surface area (Å²) >= 11 is 0. The number of hydrogen-bond acceptors (Lipinski definition) is 3. The Labute approximate surface area is 99.8 Å². The summed E-state index contributed by atoms with van der Waals surface area (Å²) in [6.07, 6.45) is 1.82. The lowest BCUT2D eigenvalue weighted by Crippen LogP contribution is -2.32. The SMILES string of the molecule is Cc1cc(C)n(O)c(=NC(=O)[C@@H]2CCCN2)c1. The van der Waals surface area contributed by atoms with Gasteiger partial charge >= 0.3 is 0 Å². The molecule has 5 nitrogen and oxygen atoms in total. The fourth-order valence-corrected chi connectivity index (χ4v) is 2.04. The molecule has 92 valence electrons. The summed E-state index contributed by atoms with van der Waals surface area (Å²) in [5, 5.41) is 12.9. The molecule has 1 aromatic heterocycles. The highest BCUT2D eigenvalue weighted by atomic mass is 16.5. The van der Waals surface area contributed by atoms with Gasteiger partial charge in [0.15, 0.2) is 5.49 Å². The topological polar surface area (TPSA) is 66.6 Å². The summed E-state index contributed by atoms with van der Waals surface area (Å²) < 4.78 is 0.944. The number of carbonyl (C=O) groups is 1. The number of nitrogens with zero attached hydrogens (tertiary/aromatic N) is 2. The standard InChI is InChI=1S/C12H17N3O2/c1-8-6-9(2)15(17)11(7-8)14-12(16)10-4-3-5-13-10/h6-7,10,13,17H,3-5H2,1-2H3/t10-/m0/s1. The Kier molecular flexibility index (Phi) is 3.28. The summed E-state index contributed by atoms with van der Waals surface area (Å²) in [5.74, 6) is -0.213. The highest BCUT2D eigenvalue weighted by molar-refractivity contribution is 5.82. The molecule has 1 saturated heterocycles. The summed E-state index contributed by atoms with van der Waals surface area (Å²) in [6.45, 7) is 4.53. The van der Waals surface area contributed by atoms with Crippen molar-refractivity contribution >= 4 is 5.91 Å². The van der Waals surface area contributed by atoms with Gasteiger partial charge in [0.05, 0.1) is 11.7 Å². The maximum absolute atomic E-state index is 11.8. The van der Waals surface area contributed by atoms with Crippen LogP contribution >= 0.6 is 0 Å². The van der Waals surface area contributed by atoms with Gasteiger partial charge < -0.3 is 10.5 Å². The van der Waals surface area contributed by atoms with Crippen LogP contribution in [0.1, 0.15) is 24.1 Å². The van der Waals surface area contributed by atoms with E-state index >= 15 is 0 Å². The van der Waals surface area contributed by atoms with Crippen LogP contribution in [0, 0.1) is 13.8 Å². The Balaban J connectivity index is 2.35. The second-order valence-electron chi connectivity index (χ2n) is 4.44. The van der Waals surface area contributed by atoms with Gasteiger partial charge in [0.2, 0.25) is 0 Å². The molecule has 1 aliphatic rings. The van der Waals surface area contributed by atoms with E-state index in [4.69, 9.17) is 0 Å². The van der Waals surface area contributed by atoms with Crippen LogP contribution < -0.4 is 10.8 Å². The Morgan fingerprint density at radius 3 is 2.94 bits per heavy atom. The van der Waals surface area contributed by atoms with Crippen LogP contribution in [-0.4, -0.2) is 28.4 Å². The second kappa shape index (κ2) is 4.71. The number of rotatable bonds is 1. The Bertz CT molecular complexity index is 499. The van der Waals surface area contributed by atoms with Crippen molar-refractivity contribution in [1.82, 2.24) is 10.0 Å². The lowest BCUT2D eigenvalue weighted by molar-refractivity contribution is -0.119. The molecule has 2 N–H and O–H groups in total. The van der Waals surface area contributed by atoms with Crippen LogP contribution in [-0.2, 0) is 4.79 Å². The fourth-order valence-electron chi connectivity index (χ4n) is 2.04. The van der Waals surface area contributed by atoms with Crippen LogP contribution in [0.5, 0.6) is 0 Å². The van der Waals surface area contributed by atoms with Gasteiger partial charge in [0.1, 0.15) is 0 Å². The third-order valence-electron chi connectivity index (χ3n) is 2.93. The summed E-state index contributed by atoms with van der Waals surface area (Å²) in [6, 6.07) is 3.33. The maximum atomic E-state index is 11.8. The molecule has 1 aromatic rings. The predicted octanol–water partition coefficient (Wildman–Crippen LogP) is 0.522. The minimum Gasteiger partial charge on any atom is -0.427 e.